The molecule has 30 heavy (non-hydrogen) atoms. The van der Waals surface area contributed by atoms with Gasteiger partial charge in [0, 0.05) is 5.56 Å². The van der Waals surface area contributed by atoms with Crippen LogP contribution in [0, 0.1) is 17.1 Å². The van der Waals surface area contributed by atoms with Crippen molar-refractivity contribution in [2.75, 3.05) is 5.01 Å². The van der Waals surface area contributed by atoms with Gasteiger partial charge in [0.15, 0.2) is 11.2 Å². The molecule has 0 aromatic heterocycles. The fourth-order valence-electron chi connectivity index (χ4n) is 3.35. The van der Waals surface area contributed by atoms with Gasteiger partial charge in [-0.3, -0.25) is 4.79 Å². The molecule has 3 aromatic rings. The highest BCUT2D eigenvalue weighted by atomic mass is 32.2. The highest BCUT2D eigenvalue weighted by molar-refractivity contribution is 7.92. The zero-order chi connectivity index (χ0) is 21.3. The number of Topliss-reactive ketones (excluding diaryl/α,β-unsaturated/α-hetero) is 1. The maximum atomic E-state index is 13.7. The van der Waals surface area contributed by atoms with Crippen molar-refractivity contribution in [1.82, 2.24) is 5.43 Å². The molecular formula is C22H16FN3O3S. The molecule has 0 saturated carbocycles. The lowest BCUT2D eigenvalue weighted by molar-refractivity contribution is 0.0966. The minimum absolute atomic E-state index is 0.0312. The summed E-state index contributed by atoms with van der Waals surface area (Å²) in [5.74, 6) is -1.18. The zero-order valence-corrected chi connectivity index (χ0v) is 16.4. The van der Waals surface area contributed by atoms with Crippen molar-refractivity contribution in [3.05, 3.63) is 95.3 Å². The molecule has 0 bridgehead atoms. The summed E-state index contributed by atoms with van der Waals surface area (Å²) in [4.78, 5) is 13.1. The molecule has 3 aromatic carbocycles. The number of ketones is 1. The molecular weight excluding hydrogens is 405 g/mol. The van der Waals surface area contributed by atoms with Gasteiger partial charge in [0.25, 0.3) is 0 Å². The van der Waals surface area contributed by atoms with E-state index in [-0.39, 0.29) is 22.6 Å². The number of sulfone groups is 1. The molecule has 1 unspecified atom stereocenters. The molecule has 8 heteroatoms. The molecule has 1 atom stereocenters. The van der Waals surface area contributed by atoms with Gasteiger partial charge in [0.1, 0.15) is 11.9 Å². The third-order valence-electron chi connectivity index (χ3n) is 4.85. The maximum absolute atomic E-state index is 13.7. The molecule has 1 heterocycles. The first-order valence-corrected chi connectivity index (χ1v) is 10.6. The van der Waals surface area contributed by atoms with Crippen molar-refractivity contribution in [1.29, 1.82) is 5.26 Å². The lowest BCUT2D eigenvalue weighted by Crippen LogP contribution is -2.56. The summed E-state index contributed by atoms with van der Waals surface area (Å²) in [6, 6.07) is 20.3. The Kier molecular flexibility index (Phi) is 5.08. The molecule has 150 valence electrons. The van der Waals surface area contributed by atoms with Gasteiger partial charge in [-0.25, -0.2) is 18.2 Å². The van der Waals surface area contributed by atoms with Crippen LogP contribution in [-0.2, 0) is 16.4 Å². The van der Waals surface area contributed by atoms with Crippen LogP contribution in [0.2, 0.25) is 0 Å². The molecule has 0 aliphatic carbocycles. The van der Waals surface area contributed by atoms with Gasteiger partial charge in [0.05, 0.1) is 22.7 Å². The van der Waals surface area contributed by atoms with E-state index in [2.05, 4.69) is 5.43 Å². The van der Waals surface area contributed by atoms with Crippen LogP contribution in [0.4, 0.5) is 10.1 Å². The first-order valence-electron chi connectivity index (χ1n) is 9.06. The highest BCUT2D eigenvalue weighted by Crippen LogP contribution is 2.30. The Balaban J connectivity index is 1.75. The predicted octanol–water partition coefficient (Wildman–Crippen LogP) is 3.20. The van der Waals surface area contributed by atoms with Crippen LogP contribution in [0.5, 0.6) is 0 Å². The molecule has 1 aliphatic heterocycles. The normalized spacial score (nSPS) is 16.1. The average molecular weight is 421 g/mol. The second-order valence-electron chi connectivity index (χ2n) is 6.76. The van der Waals surface area contributed by atoms with Crippen molar-refractivity contribution in [2.45, 2.75) is 16.8 Å². The van der Waals surface area contributed by atoms with Gasteiger partial charge < -0.3 is 5.01 Å². The van der Waals surface area contributed by atoms with Gasteiger partial charge in [-0.2, -0.15) is 5.26 Å². The van der Waals surface area contributed by atoms with Crippen LogP contribution in [-0.4, -0.2) is 19.6 Å². The second kappa shape index (κ2) is 7.71. The fourth-order valence-corrected chi connectivity index (χ4v) is 4.84. The largest absolute Gasteiger partial charge is 0.302 e. The highest BCUT2D eigenvalue weighted by Gasteiger charge is 2.40. The smallest absolute Gasteiger partial charge is 0.203 e. The summed E-state index contributed by atoms with van der Waals surface area (Å²) in [5, 5.41) is 9.10. The fraction of sp³-hybridized carbons (Fsp3) is 0.0909. The first kappa shape index (κ1) is 19.8. The van der Waals surface area contributed by atoms with E-state index in [4.69, 9.17) is 5.26 Å². The predicted molar refractivity (Wildman–Crippen MR) is 109 cm³/mol. The third kappa shape index (κ3) is 3.45. The summed E-state index contributed by atoms with van der Waals surface area (Å²) < 4.78 is 40.0. The quantitative estimate of drug-likeness (QED) is 0.696. The average Bonchev–Trinajstić information content (AvgIpc) is 2.77. The molecule has 4 rings (SSSR count). The Morgan fingerprint density at radius 1 is 1.03 bits per heavy atom. The number of carbonyl (C=O) groups excluding carboxylic acids is 1. The van der Waals surface area contributed by atoms with Crippen LogP contribution >= 0.6 is 0 Å². The van der Waals surface area contributed by atoms with Crippen LogP contribution in [0.1, 0.15) is 21.5 Å². The van der Waals surface area contributed by atoms with Gasteiger partial charge in [-0.05, 0) is 42.0 Å². The zero-order valence-electron chi connectivity index (χ0n) is 15.6. The monoisotopic (exact) mass is 421 g/mol. The Hall–Kier alpha value is -3.54. The van der Waals surface area contributed by atoms with E-state index in [0.29, 0.717) is 11.3 Å². The molecule has 0 radical (unpaired) electrons. The topological polar surface area (TPSA) is 90.3 Å². The molecule has 0 saturated heterocycles. The van der Waals surface area contributed by atoms with Crippen LogP contribution in [0.25, 0.3) is 0 Å². The van der Waals surface area contributed by atoms with E-state index in [1.165, 1.54) is 35.3 Å². The summed E-state index contributed by atoms with van der Waals surface area (Å²) >= 11 is 0. The SMILES string of the molecule is N#Cc1cc(CN2NC(S(=O)(=O)c3ccccc3)C(=O)c3ccccc32)ccc1F. The number of nitrogens with zero attached hydrogens (tertiary/aromatic N) is 2. The number of halogens is 1. The number of hydrazine groups is 1. The van der Waals surface area contributed by atoms with Crippen LogP contribution in [0.15, 0.2) is 77.7 Å². The molecule has 0 spiro atoms. The maximum Gasteiger partial charge on any atom is 0.203 e. The van der Waals surface area contributed by atoms with E-state index in [1.54, 1.807) is 48.5 Å². The van der Waals surface area contributed by atoms with E-state index in [9.17, 15) is 17.6 Å². The molecule has 6 nitrogen and oxygen atoms in total. The molecule has 1 aliphatic rings. The van der Waals surface area contributed by atoms with Crippen molar-refractivity contribution >= 4 is 21.3 Å². The van der Waals surface area contributed by atoms with E-state index in [1.807, 2.05) is 0 Å². The van der Waals surface area contributed by atoms with Gasteiger partial charge in [0.2, 0.25) is 9.84 Å². The number of fused-ring (bicyclic) bond motifs is 1. The minimum Gasteiger partial charge on any atom is -0.302 e. The molecule has 0 amide bonds. The van der Waals surface area contributed by atoms with Crippen LogP contribution in [0.3, 0.4) is 0 Å². The molecule has 0 fully saturated rings. The summed E-state index contributed by atoms with van der Waals surface area (Å²) in [6.45, 7) is 0.125. The number of anilines is 1. The standard InChI is InChI=1S/C22H16FN3O3S/c23-19-11-10-15(12-16(19)13-24)14-26-20-9-5-4-8-18(20)21(27)22(25-26)30(28,29)17-6-2-1-3-7-17/h1-12,22,25H,14H2. The minimum atomic E-state index is -4.01. The number of nitrogens with one attached hydrogen (secondary N) is 1. The van der Waals surface area contributed by atoms with Gasteiger partial charge in [-0.1, -0.05) is 36.4 Å². The van der Waals surface area contributed by atoms with Crippen molar-refractivity contribution in [3.63, 3.8) is 0 Å². The first-order chi connectivity index (χ1) is 14.4. The number of hydrogen-bond donors (Lipinski definition) is 1. The number of nitriles is 1. The summed E-state index contributed by atoms with van der Waals surface area (Å²) in [5.41, 5.74) is 4.06. The Morgan fingerprint density at radius 2 is 1.73 bits per heavy atom. The number of benzene rings is 3. The van der Waals surface area contributed by atoms with Gasteiger partial charge >= 0.3 is 0 Å². The third-order valence-corrected chi connectivity index (χ3v) is 6.71. The Morgan fingerprint density at radius 3 is 2.47 bits per heavy atom. The van der Waals surface area contributed by atoms with E-state index < -0.39 is 26.8 Å². The number of hydrogen-bond acceptors (Lipinski definition) is 6. The lowest BCUT2D eigenvalue weighted by atomic mass is 10.0. The van der Waals surface area contributed by atoms with Crippen molar-refractivity contribution in [3.8, 4) is 6.07 Å². The summed E-state index contributed by atoms with van der Waals surface area (Å²) in [7, 11) is -4.01. The van der Waals surface area contributed by atoms with Gasteiger partial charge in [-0.15, -0.1) is 0 Å². The number of carbonyl (C=O) groups is 1. The van der Waals surface area contributed by atoms with E-state index >= 15 is 0 Å². The van der Waals surface area contributed by atoms with Crippen molar-refractivity contribution in [2.24, 2.45) is 0 Å². The van der Waals surface area contributed by atoms with Crippen LogP contribution < -0.4 is 10.4 Å². The molecule has 1 N–H and O–H groups in total. The number of rotatable bonds is 4. The summed E-state index contributed by atoms with van der Waals surface area (Å²) in [6.07, 6.45) is 0. The lowest BCUT2D eigenvalue weighted by Gasteiger charge is -2.35. The number of para-hydroxylation sites is 1. The Bertz CT molecular complexity index is 1270. The van der Waals surface area contributed by atoms with E-state index in [0.717, 1.165) is 0 Å². The van der Waals surface area contributed by atoms with Crippen molar-refractivity contribution < 1.29 is 17.6 Å². The second-order valence-corrected chi connectivity index (χ2v) is 8.79. The Labute approximate surface area is 173 Å².